The Bertz CT molecular complexity index is 153. The molecular formula is C7H11NO. The molecule has 0 heterocycles. The predicted molar refractivity (Wildman–Crippen MR) is 34.7 cm³/mol. The summed E-state index contributed by atoms with van der Waals surface area (Å²) in [6.45, 7) is 0. The Morgan fingerprint density at radius 3 is 2.67 bits per heavy atom. The fourth-order valence-electron chi connectivity index (χ4n) is 2.15. The topological polar surface area (TPSA) is 32.6 Å². The van der Waals surface area contributed by atoms with Crippen LogP contribution in [0.2, 0.25) is 0 Å². The molecular weight excluding hydrogens is 114 g/mol. The second kappa shape index (κ2) is 1.72. The molecule has 0 spiro atoms. The summed E-state index contributed by atoms with van der Waals surface area (Å²) in [6, 6.07) is 0. The molecule has 9 heavy (non-hydrogen) atoms. The molecule has 50 valence electrons. The van der Waals surface area contributed by atoms with E-state index in [1.807, 2.05) is 0 Å². The van der Waals surface area contributed by atoms with Crippen molar-refractivity contribution in [2.75, 3.05) is 0 Å². The van der Waals surface area contributed by atoms with E-state index in [-0.39, 0.29) is 0 Å². The van der Waals surface area contributed by atoms with Crippen LogP contribution in [0.15, 0.2) is 5.16 Å². The van der Waals surface area contributed by atoms with E-state index >= 15 is 0 Å². The summed E-state index contributed by atoms with van der Waals surface area (Å²) in [5, 5.41) is 11.8. The van der Waals surface area contributed by atoms with Crippen molar-refractivity contribution in [3.63, 3.8) is 0 Å². The normalized spacial score (nSPS) is 44.7. The number of hydrogen-bond acceptors (Lipinski definition) is 2. The van der Waals surface area contributed by atoms with Gasteiger partial charge in [0, 0.05) is 5.92 Å². The maximum atomic E-state index is 8.48. The van der Waals surface area contributed by atoms with Gasteiger partial charge < -0.3 is 5.21 Å². The molecule has 2 rings (SSSR count). The van der Waals surface area contributed by atoms with Crippen molar-refractivity contribution in [2.24, 2.45) is 17.0 Å². The summed E-state index contributed by atoms with van der Waals surface area (Å²) in [5.41, 5.74) is 1.06. The Morgan fingerprint density at radius 1 is 1.44 bits per heavy atom. The molecule has 2 saturated carbocycles. The monoisotopic (exact) mass is 125 g/mol. The van der Waals surface area contributed by atoms with E-state index in [9.17, 15) is 0 Å². The van der Waals surface area contributed by atoms with E-state index in [1.54, 1.807) is 0 Å². The minimum absolute atomic E-state index is 0.653. The van der Waals surface area contributed by atoms with Gasteiger partial charge in [0.1, 0.15) is 0 Å². The van der Waals surface area contributed by atoms with Crippen molar-refractivity contribution in [1.29, 1.82) is 0 Å². The predicted octanol–water partition coefficient (Wildman–Crippen LogP) is 1.64. The van der Waals surface area contributed by atoms with Crippen molar-refractivity contribution in [3.05, 3.63) is 0 Å². The first-order valence-corrected chi connectivity index (χ1v) is 3.61. The van der Waals surface area contributed by atoms with Crippen LogP contribution in [0.1, 0.15) is 25.7 Å². The van der Waals surface area contributed by atoms with Crippen LogP contribution < -0.4 is 0 Å². The summed E-state index contributed by atoms with van der Waals surface area (Å²) in [6.07, 6.45) is 4.99. The van der Waals surface area contributed by atoms with Crippen LogP contribution in [0.4, 0.5) is 0 Å². The number of fused-ring (bicyclic) bond motifs is 2. The third kappa shape index (κ3) is 0.655. The Morgan fingerprint density at radius 2 is 2.33 bits per heavy atom. The largest absolute Gasteiger partial charge is 0.411 e. The van der Waals surface area contributed by atoms with E-state index in [0.717, 1.165) is 18.1 Å². The SMILES string of the molecule is ON=C1CC2CCC1C2. The highest BCUT2D eigenvalue weighted by Crippen LogP contribution is 2.42. The zero-order valence-electron chi connectivity index (χ0n) is 5.38. The Kier molecular flexibility index (Phi) is 1.01. The van der Waals surface area contributed by atoms with Gasteiger partial charge in [-0.3, -0.25) is 0 Å². The van der Waals surface area contributed by atoms with Crippen molar-refractivity contribution in [2.45, 2.75) is 25.7 Å². The van der Waals surface area contributed by atoms with Crippen molar-refractivity contribution < 1.29 is 5.21 Å². The fraction of sp³-hybridized carbons (Fsp3) is 0.857. The van der Waals surface area contributed by atoms with Gasteiger partial charge in [0.25, 0.3) is 0 Å². The quantitative estimate of drug-likeness (QED) is 0.387. The van der Waals surface area contributed by atoms with Gasteiger partial charge >= 0.3 is 0 Å². The van der Waals surface area contributed by atoms with Gasteiger partial charge in [-0.15, -0.1) is 0 Å². The van der Waals surface area contributed by atoms with Crippen molar-refractivity contribution in [1.82, 2.24) is 0 Å². The van der Waals surface area contributed by atoms with E-state index in [1.165, 1.54) is 19.3 Å². The molecule has 0 aliphatic heterocycles. The number of oxime groups is 1. The van der Waals surface area contributed by atoms with E-state index < -0.39 is 0 Å². The smallest absolute Gasteiger partial charge is 0.0604 e. The molecule has 2 fully saturated rings. The minimum Gasteiger partial charge on any atom is -0.411 e. The molecule has 0 radical (unpaired) electrons. The van der Waals surface area contributed by atoms with Crippen LogP contribution in [0.25, 0.3) is 0 Å². The number of nitrogens with zero attached hydrogens (tertiary/aromatic N) is 1. The van der Waals surface area contributed by atoms with Gasteiger partial charge in [0.2, 0.25) is 0 Å². The summed E-state index contributed by atoms with van der Waals surface area (Å²) in [5.74, 6) is 1.51. The molecule has 1 N–H and O–H groups in total. The Labute approximate surface area is 54.6 Å². The summed E-state index contributed by atoms with van der Waals surface area (Å²) >= 11 is 0. The van der Waals surface area contributed by atoms with Gasteiger partial charge in [-0.05, 0) is 31.6 Å². The molecule has 0 aromatic rings. The molecule has 2 aliphatic carbocycles. The van der Waals surface area contributed by atoms with Crippen LogP contribution in [0.3, 0.4) is 0 Å². The molecule has 2 heteroatoms. The molecule has 2 aliphatic rings. The summed E-state index contributed by atoms with van der Waals surface area (Å²) in [7, 11) is 0. The first-order valence-electron chi connectivity index (χ1n) is 3.61. The van der Waals surface area contributed by atoms with Crippen molar-refractivity contribution >= 4 is 5.71 Å². The average Bonchev–Trinajstić information content (AvgIpc) is 2.45. The van der Waals surface area contributed by atoms with Gasteiger partial charge in [-0.2, -0.15) is 0 Å². The van der Waals surface area contributed by atoms with Crippen LogP contribution in [-0.2, 0) is 0 Å². The highest BCUT2D eigenvalue weighted by molar-refractivity contribution is 5.89. The second-order valence-electron chi connectivity index (χ2n) is 3.17. The molecule has 0 saturated heterocycles. The van der Waals surface area contributed by atoms with Crippen LogP contribution in [0, 0.1) is 11.8 Å². The highest BCUT2D eigenvalue weighted by Gasteiger charge is 2.36. The van der Waals surface area contributed by atoms with Crippen molar-refractivity contribution in [3.8, 4) is 0 Å². The number of rotatable bonds is 0. The molecule has 2 bridgehead atoms. The first kappa shape index (κ1) is 5.27. The third-order valence-electron chi connectivity index (χ3n) is 2.64. The lowest BCUT2D eigenvalue weighted by molar-refractivity contribution is 0.313. The first-order chi connectivity index (χ1) is 4.40. The maximum absolute atomic E-state index is 8.48. The second-order valence-corrected chi connectivity index (χ2v) is 3.17. The highest BCUT2D eigenvalue weighted by atomic mass is 16.4. The lowest BCUT2D eigenvalue weighted by Crippen LogP contribution is -2.08. The van der Waals surface area contributed by atoms with E-state index in [0.29, 0.717) is 5.92 Å². The molecule has 2 atom stereocenters. The minimum atomic E-state index is 0.653. The zero-order valence-corrected chi connectivity index (χ0v) is 5.38. The van der Waals surface area contributed by atoms with Crippen LogP contribution >= 0.6 is 0 Å². The van der Waals surface area contributed by atoms with E-state index in [4.69, 9.17) is 5.21 Å². The standard InChI is InChI=1S/C7H11NO/c9-8-7-4-5-1-2-6(7)3-5/h5-6,9H,1-4H2. The van der Waals surface area contributed by atoms with Gasteiger partial charge in [0.15, 0.2) is 0 Å². The van der Waals surface area contributed by atoms with Crippen LogP contribution in [-0.4, -0.2) is 10.9 Å². The molecule has 0 aromatic carbocycles. The van der Waals surface area contributed by atoms with E-state index in [2.05, 4.69) is 5.16 Å². The summed E-state index contributed by atoms with van der Waals surface area (Å²) in [4.78, 5) is 0. The van der Waals surface area contributed by atoms with Gasteiger partial charge in [-0.25, -0.2) is 0 Å². The fourth-order valence-corrected chi connectivity index (χ4v) is 2.15. The van der Waals surface area contributed by atoms with Gasteiger partial charge in [-0.1, -0.05) is 5.16 Å². The Balaban J connectivity index is 2.18. The molecule has 0 amide bonds. The number of hydrogen-bond donors (Lipinski definition) is 1. The summed E-state index contributed by atoms with van der Waals surface area (Å²) < 4.78 is 0. The molecule has 2 unspecified atom stereocenters. The lowest BCUT2D eigenvalue weighted by atomic mass is 9.99. The molecule has 2 nitrogen and oxygen atoms in total. The zero-order chi connectivity index (χ0) is 6.27. The average molecular weight is 125 g/mol. The molecule has 0 aromatic heterocycles. The Hall–Kier alpha value is -0.530. The van der Waals surface area contributed by atoms with Crippen LogP contribution in [0.5, 0.6) is 0 Å². The lowest BCUT2D eigenvalue weighted by Gasteiger charge is -2.08. The third-order valence-corrected chi connectivity index (χ3v) is 2.64. The maximum Gasteiger partial charge on any atom is 0.0604 e. The van der Waals surface area contributed by atoms with Gasteiger partial charge in [0.05, 0.1) is 5.71 Å².